The van der Waals surface area contributed by atoms with Crippen LogP contribution in [0, 0.1) is 0 Å². The molecule has 1 aromatic heterocycles. The number of hydrogen-bond acceptors (Lipinski definition) is 5. The van der Waals surface area contributed by atoms with Gasteiger partial charge in [-0.1, -0.05) is 6.07 Å². The third-order valence-corrected chi connectivity index (χ3v) is 2.82. The maximum atomic E-state index is 11.7. The Bertz CT molecular complexity index is 682. The minimum Gasteiger partial charge on any atom is -0.297 e. The molecule has 0 spiro atoms. The summed E-state index contributed by atoms with van der Waals surface area (Å²) in [5, 5.41) is 0.613. The van der Waals surface area contributed by atoms with Crippen LogP contribution in [0.15, 0.2) is 24.4 Å². The predicted molar refractivity (Wildman–Crippen MR) is 64.5 cm³/mol. The largest absolute Gasteiger partial charge is 0.297 e. The lowest BCUT2D eigenvalue weighted by molar-refractivity contribution is 0.0943. The van der Waals surface area contributed by atoms with Gasteiger partial charge in [-0.25, -0.2) is 5.84 Å². The summed E-state index contributed by atoms with van der Waals surface area (Å²) in [4.78, 5) is 27.5. The van der Waals surface area contributed by atoms with E-state index in [9.17, 15) is 9.59 Å². The van der Waals surface area contributed by atoms with E-state index in [2.05, 4.69) is 15.8 Å². The zero-order chi connectivity index (χ0) is 12.7. The summed E-state index contributed by atoms with van der Waals surface area (Å²) in [5.41, 5.74) is 9.11. The molecule has 0 saturated heterocycles. The molecule has 2 heterocycles. The van der Waals surface area contributed by atoms with Gasteiger partial charge in [0.1, 0.15) is 0 Å². The van der Waals surface area contributed by atoms with E-state index in [4.69, 9.17) is 5.84 Å². The number of hydrazine groups is 2. The Morgan fingerprint density at radius 2 is 2.17 bits per heavy atom. The van der Waals surface area contributed by atoms with Crippen molar-refractivity contribution in [2.24, 2.45) is 5.84 Å². The zero-order valence-corrected chi connectivity index (χ0v) is 9.15. The van der Waals surface area contributed by atoms with E-state index >= 15 is 0 Å². The fourth-order valence-electron chi connectivity index (χ4n) is 2.00. The van der Waals surface area contributed by atoms with Crippen LogP contribution in [0.3, 0.4) is 0 Å². The Kier molecular flexibility index (Phi) is 2.14. The van der Waals surface area contributed by atoms with Gasteiger partial charge >= 0.3 is 0 Å². The van der Waals surface area contributed by atoms with E-state index in [1.54, 1.807) is 18.2 Å². The first-order valence-electron chi connectivity index (χ1n) is 5.21. The topological polar surface area (TPSA) is 109 Å². The molecule has 1 aliphatic rings. The number of hydrogen-bond donors (Lipinski definition) is 4. The van der Waals surface area contributed by atoms with E-state index in [-0.39, 0.29) is 11.5 Å². The van der Waals surface area contributed by atoms with Crippen molar-refractivity contribution in [1.29, 1.82) is 0 Å². The molecular weight excluding hydrogens is 234 g/mol. The van der Waals surface area contributed by atoms with Gasteiger partial charge in [0.25, 0.3) is 11.8 Å². The number of rotatable bonds is 1. The van der Waals surface area contributed by atoms with Gasteiger partial charge in [-0.3, -0.25) is 30.9 Å². The number of nitrogen functional groups attached to an aromatic ring is 1. The Hall–Kier alpha value is -2.67. The quantitative estimate of drug-likeness (QED) is 0.318. The zero-order valence-electron chi connectivity index (χ0n) is 9.15. The summed E-state index contributed by atoms with van der Waals surface area (Å²) in [6.07, 6.45) is 1.41. The number of aromatic nitrogens is 1. The van der Waals surface area contributed by atoms with E-state index in [0.717, 1.165) is 0 Å². The fourth-order valence-corrected chi connectivity index (χ4v) is 2.00. The van der Waals surface area contributed by atoms with Crippen molar-refractivity contribution in [3.05, 3.63) is 35.5 Å². The van der Waals surface area contributed by atoms with E-state index in [1.807, 2.05) is 5.43 Å². The average molecular weight is 243 g/mol. The molecule has 2 aromatic rings. The Labute approximate surface area is 101 Å². The van der Waals surface area contributed by atoms with Crippen molar-refractivity contribution in [1.82, 2.24) is 15.8 Å². The Morgan fingerprint density at radius 1 is 1.33 bits per heavy atom. The summed E-state index contributed by atoms with van der Waals surface area (Å²) in [5.74, 6) is 4.37. The highest BCUT2D eigenvalue weighted by molar-refractivity contribution is 6.17. The Morgan fingerprint density at radius 3 is 2.94 bits per heavy atom. The molecule has 5 N–H and O–H groups in total. The fraction of sp³-hybridized carbons (Fsp3) is 0. The Balaban J connectivity index is 2.39. The van der Waals surface area contributed by atoms with E-state index < -0.39 is 5.91 Å². The highest BCUT2D eigenvalue weighted by Crippen LogP contribution is 2.30. The highest BCUT2D eigenvalue weighted by Gasteiger charge is 2.23. The number of carbonyl (C=O) groups excluding carboxylic acids is 2. The summed E-state index contributed by atoms with van der Waals surface area (Å²) in [6.45, 7) is 0. The molecule has 2 amide bonds. The van der Waals surface area contributed by atoms with Crippen LogP contribution in [0.25, 0.3) is 10.9 Å². The second-order valence-electron chi connectivity index (χ2n) is 3.80. The third kappa shape index (κ3) is 1.31. The third-order valence-electron chi connectivity index (χ3n) is 2.82. The van der Waals surface area contributed by atoms with Gasteiger partial charge in [0, 0.05) is 11.6 Å². The predicted octanol–water partition coefficient (Wildman–Crippen LogP) is -0.0914. The minimum atomic E-state index is -0.474. The van der Waals surface area contributed by atoms with Gasteiger partial charge < -0.3 is 0 Å². The van der Waals surface area contributed by atoms with Crippen molar-refractivity contribution in [3.8, 4) is 0 Å². The van der Waals surface area contributed by atoms with Crippen LogP contribution in [0.5, 0.6) is 0 Å². The van der Waals surface area contributed by atoms with Gasteiger partial charge in [0.05, 0.1) is 22.3 Å². The molecule has 1 aromatic carbocycles. The average Bonchev–Trinajstić information content (AvgIpc) is 2.42. The lowest BCUT2D eigenvalue weighted by atomic mass is 10.0. The minimum absolute atomic E-state index is 0.264. The van der Waals surface area contributed by atoms with Gasteiger partial charge in [-0.2, -0.15) is 0 Å². The number of benzene rings is 1. The molecule has 7 heteroatoms. The van der Waals surface area contributed by atoms with Gasteiger partial charge in [0.2, 0.25) is 0 Å². The van der Waals surface area contributed by atoms with Crippen LogP contribution >= 0.6 is 0 Å². The maximum absolute atomic E-state index is 11.7. The van der Waals surface area contributed by atoms with Crippen molar-refractivity contribution in [2.75, 3.05) is 5.43 Å². The second kappa shape index (κ2) is 3.67. The standard InChI is InChI=1S/C11H9N5O2/c12-14-10(17)6-4-13-7-3-1-2-5-8(7)9(6)15-16-11(5)18/h1-4,15H,12H2,(H,14,17)(H,16,18). The number of carbonyl (C=O) groups is 2. The molecule has 3 rings (SSSR count). The van der Waals surface area contributed by atoms with Crippen molar-refractivity contribution in [3.63, 3.8) is 0 Å². The van der Waals surface area contributed by atoms with Gasteiger partial charge in [-0.15, -0.1) is 0 Å². The molecule has 0 saturated carbocycles. The number of nitrogens with one attached hydrogen (secondary N) is 3. The maximum Gasteiger partial charge on any atom is 0.270 e. The number of nitrogens with zero attached hydrogens (tertiary/aromatic N) is 1. The summed E-state index contributed by atoms with van der Waals surface area (Å²) in [6, 6.07) is 5.18. The molecule has 0 atom stereocenters. The smallest absolute Gasteiger partial charge is 0.270 e. The summed E-state index contributed by atoms with van der Waals surface area (Å²) >= 11 is 0. The molecule has 0 unspecified atom stereocenters. The van der Waals surface area contributed by atoms with Crippen LogP contribution < -0.4 is 22.1 Å². The molecule has 1 aliphatic heterocycles. The molecular formula is C11H9N5O2. The molecule has 0 bridgehead atoms. The number of amides is 2. The van der Waals surface area contributed by atoms with E-state index in [1.165, 1.54) is 6.20 Å². The van der Waals surface area contributed by atoms with E-state index in [0.29, 0.717) is 22.2 Å². The van der Waals surface area contributed by atoms with Gasteiger partial charge in [0.15, 0.2) is 0 Å². The molecule has 0 radical (unpaired) electrons. The van der Waals surface area contributed by atoms with Crippen LogP contribution in [0.1, 0.15) is 20.7 Å². The van der Waals surface area contributed by atoms with Crippen molar-refractivity contribution in [2.45, 2.75) is 0 Å². The summed E-state index contributed by atoms with van der Waals surface area (Å²) in [7, 11) is 0. The number of nitrogens with two attached hydrogens (primary N) is 1. The molecule has 0 fully saturated rings. The molecule has 18 heavy (non-hydrogen) atoms. The second-order valence-corrected chi connectivity index (χ2v) is 3.80. The lowest BCUT2D eigenvalue weighted by Gasteiger charge is -2.20. The SMILES string of the molecule is NNC(=O)c1cnc2cccc3c2c1NNC3=O. The van der Waals surface area contributed by atoms with Crippen LogP contribution in [0.2, 0.25) is 0 Å². The highest BCUT2D eigenvalue weighted by atomic mass is 16.2. The molecule has 7 nitrogen and oxygen atoms in total. The van der Waals surface area contributed by atoms with Crippen LogP contribution in [0.4, 0.5) is 5.69 Å². The summed E-state index contributed by atoms with van der Waals surface area (Å²) < 4.78 is 0. The van der Waals surface area contributed by atoms with Gasteiger partial charge in [-0.05, 0) is 12.1 Å². The van der Waals surface area contributed by atoms with Crippen molar-refractivity contribution < 1.29 is 9.59 Å². The number of pyridine rings is 1. The van der Waals surface area contributed by atoms with Crippen molar-refractivity contribution >= 4 is 28.4 Å². The first-order valence-corrected chi connectivity index (χ1v) is 5.21. The van der Waals surface area contributed by atoms with Crippen LogP contribution in [-0.4, -0.2) is 16.8 Å². The van der Waals surface area contributed by atoms with Crippen LogP contribution in [-0.2, 0) is 0 Å². The molecule has 0 aliphatic carbocycles. The normalized spacial score (nSPS) is 12.8. The molecule has 90 valence electrons. The lowest BCUT2D eigenvalue weighted by Crippen LogP contribution is -2.36. The number of anilines is 1. The monoisotopic (exact) mass is 243 g/mol. The first-order chi connectivity index (χ1) is 8.72. The first kappa shape index (κ1) is 10.5.